The maximum absolute atomic E-state index is 11.9. The molecule has 1 aliphatic heterocycles. The Labute approximate surface area is 150 Å². The summed E-state index contributed by atoms with van der Waals surface area (Å²) in [4.78, 5) is 33.3. The number of nitrogens with one attached hydrogen (secondary N) is 1. The van der Waals surface area contributed by atoms with Crippen molar-refractivity contribution in [2.45, 2.75) is 19.5 Å². The van der Waals surface area contributed by atoms with Crippen LogP contribution < -0.4 is 10.1 Å². The summed E-state index contributed by atoms with van der Waals surface area (Å²) in [6.45, 7) is 3.16. The summed E-state index contributed by atoms with van der Waals surface area (Å²) in [5, 5.41) is 11.7. The average Bonchev–Trinajstić information content (AvgIpc) is 2.65. The fourth-order valence-corrected chi connectivity index (χ4v) is 2.84. The van der Waals surface area contributed by atoms with Gasteiger partial charge in [0.1, 0.15) is 5.75 Å². The number of aliphatic carboxylic acids is 1. The van der Waals surface area contributed by atoms with Gasteiger partial charge in [-0.15, -0.1) is 0 Å². The molecular formula is C18H20N4O4. The van der Waals surface area contributed by atoms with Gasteiger partial charge in [0.15, 0.2) is 12.4 Å². The summed E-state index contributed by atoms with van der Waals surface area (Å²) < 4.78 is 5.43. The van der Waals surface area contributed by atoms with Gasteiger partial charge in [-0.1, -0.05) is 0 Å². The van der Waals surface area contributed by atoms with Crippen molar-refractivity contribution in [3.8, 4) is 17.1 Å². The second-order valence-corrected chi connectivity index (χ2v) is 6.01. The molecule has 0 radical (unpaired) electrons. The molecule has 1 aromatic heterocycles. The first kappa shape index (κ1) is 17.8. The fraction of sp³-hybridized carbons (Fsp3) is 0.333. The molecule has 1 aromatic carbocycles. The Kier molecular flexibility index (Phi) is 5.43. The number of ether oxygens (including phenoxy) is 1. The minimum atomic E-state index is -1.04. The Bertz CT molecular complexity index is 797. The van der Waals surface area contributed by atoms with E-state index in [1.165, 1.54) is 0 Å². The van der Waals surface area contributed by atoms with Gasteiger partial charge in [0.2, 0.25) is 5.91 Å². The van der Waals surface area contributed by atoms with E-state index in [9.17, 15) is 9.59 Å². The van der Waals surface area contributed by atoms with Crippen molar-refractivity contribution in [3.05, 3.63) is 42.2 Å². The summed E-state index contributed by atoms with van der Waals surface area (Å²) in [5.74, 6) is -0.0165. The highest BCUT2D eigenvalue weighted by molar-refractivity contribution is 5.82. The lowest BCUT2D eigenvalue weighted by molar-refractivity contribution is -0.139. The summed E-state index contributed by atoms with van der Waals surface area (Å²) in [7, 11) is 0. The third-order valence-corrected chi connectivity index (χ3v) is 4.23. The van der Waals surface area contributed by atoms with Crippen molar-refractivity contribution in [3.63, 3.8) is 0 Å². The molecule has 2 N–H and O–H groups in total. The number of carboxylic acid groups (broad SMARTS) is 1. The summed E-state index contributed by atoms with van der Waals surface area (Å²) in [6.07, 6.45) is 3.32. The van der Waals surface area contributed by atoms with Crippen LogP contribution in [0.3, 0.4) is 0 Å². The topological polar surface area (TPSA) is 105 Å². The molecule has 1 saturated heterocycles. The first-order chi connectivity index (χ1) is 12.5. The average molecular weight is 356 g/mol. The van der Waals surface area contributed by atoms with Gasteiger partial charge in [0, 0.05) is 43.2 Å². The normalized spacial score (nSPS) is 17.6. The van der Waals surface area contributed by atoms with Crippen molar-refractivity contribution >= 4 is 11.9 Å². The minimum absolute atomic E-state index is 0.0215. The van der Waals surface area contributed by atoms with Crippen LogP contribution in [0.25, 0.3) is 11.4 Å². The maximum Gasteiger partial charge on any atom is 0.341 e. The van der Waals surface area contributed by atoms with E-state index in [1.807, 2.05) is 17.9 Å². The third-order valence-electron chi connectivity index (χ3n) is 4.23. The van der Waals surface area contributed by atoms with Gasteiger partial charge in [-0.05, 0) is 31.2 Å². The van der Waals surface area contributed by atoms with Crippen molar-refractivity contribution in [2.24, 2.45) is 0 Å². The maximum atomic E-state index is 11.9. The minimum Gasteiger partial charge on any atom is -0.482 e. The molecule has 8 heteroatoms. The Morgan fingerprint density at radius 3 is 2.88 bits per heavy atom. The monoisotopic (exact) mass is 356 g/mol. The molecule has 136 valence electrons. The Balaban J connectivity index is 1.90. The molecule has 0 spiro atoms. The van der Waals surface area contributed by atoms with Crippen molar-refractivity contribution in [1.29, 1.82) is 0 Å². The lowest BCUT2D eigenvalue weighted by Gasteiger charge is -2.33. The van der Waals surface area contributed by atoms with Gasteiger partial charge in [-0.25, -0.2) is 14.8 Å². The fourth-order valence-electron chi connectivity index (χ4n) is 2.84. The van der Waals surface area contributed by atoms with Crippen LogP contribution in [0.5, 0.6) is 5.75 Å². The number of carbonyl (C=O) groups is 2. The first-order valence-electron chi connectivity index (χ1n) is 8.31. The molecule has 0 bridgehead atoms. The molecule has 2 aromatic rings. The molecule has 0 saturated carbocycles. The number of benzene rings is 1. The molecule has 26 heavy (non-hydrogen) atoms. The number of rotatable bonds is 6. The van der Waals surface area contributed by atoms with E-state index in [2.05, 4.69) is 15.3 Å². The number of amides is 1. The number of piperazine rings is 1. The van der Waals surface area contributed by atoms with Crippen LogP contribution in [-0.2, 0) is 16.1 Å². The zero-order valence-corrected chi connectivity index (χ0v) is 14.4. The van der Waals surface area contributed by atoms with E-state index in [0.717, 1.165) is 11.1 Å². The van der Waals surface area contributed by atoms with E-state index in [-0.39, 0.29) is 11.9 Å². The van der Waals surface area contributed by atoms with Gasteiger partial charge in [-0.2, -0.15) is 0 Å². The number of hydrogen-bond acceptors (Lipinski definition) is 6. The number of carbonyl (C=O) groups excluding carboxylic acids is 1. The van der Waals surface area contributed by atoms with Crippen molar-refractivity contribution < 1.29 is 19.4 Å². The second-order valence-electron chi connectivity index (χ2n) is 6.01. The number of aromatic nitrogens is 2. The molecule has 1 fully saturated rings. The van der Waals surface area contributed by atoms with Crippen LogP contribution in [-0.4, -0.2) is 57.6 Å². The lowest BCUT2D eigenvalue weighted by Crippen LogP contribution is -2.53. The molecular weight excluding hydrogens is 336 g/mol. The van der Waals surface area contributed by atoms with Gasteiger partial charge < -0.3 is 15.2 Å². The van der Waals surface area contributed by atoms with Crippen LogP contribution >= 0.6 is 0 Å². The van der Waals surface area contributed by atoms with Crippen LogP contribution in [0.4, 0.5) is 0 Å². The molecule has 1 unspecified atom stereocenters. The van der Waals surface area contributed by atoms with Crippen molar-refractivity contribution in [1.82, 2.24) is 20.2 Å². The SMILES string of the molecule is CC1C(=O)NCCN1Cc1cc(-c2ncccn2)ccc1OCC(=O)O. The second kappa shape index (κ2) is 7.92. The van der Waals surface area contributed by atoms with Crippen LogP contribution in [0, 0.1) is 0 Å². The van der Waals surface area contributed by atoms with Gasteiger partial charge in [-0.3, -0.25) is 9.69 Å². The quantitative estimate of drug-likeness (QED) is 0.793. The zero-order valence-electron chi connectivity index (χ0n) is 14.4. The van der Waals surface area contributed by atoms with Crippen LogP contribution in [0.1, 0.15) is 12.5 Å². The summed E-state index contributed by atoms with van der Waals surface area (Å²) in [6, 6.07) is 6.86. The predicted octanol–water partition coefficient (Wildman–Crippen LogP) is 0.927. The van der Waals surface area contributed by atoms with Crippen LogP contribution in [0.15, 0.2) is 36.7 Å². The standard InChI is InChI=1S/C18H20N4O4/c1-12-18(25)21-7-8-22(12)10-14-9-13(17-19-5-2-6-20-17)3-4-15(14)26-11-16(23)24/h2-6,9,12H,7-8,10-11H2,1H3,(H,21,25)(H,23,24). The van der Waals surface area contributed by atoms with E-state index >= 15 is 0 Å². The number of carboxylic acids is 1. The molecule has 8 nitrogen and oxygen atoms in total. The van der Waals surface area contributed by atoms with Gasteiger partial charge >= 0.3 is 5.97 Å². The van der Waals surface area contributed by atoms with Gasteiger partial charge in [0.25, 0.3) is 0 Å². The largest absolute Gasteiger partial charge is 0.482 e. The van der Waals surface area contributed by atoms with Crippen LogP contribution in [0.2, 0.25) is 0 Å². The Morgan fingerprint density at radius 2 is 2.15 bits per heavy atom. The highest BCUT2D eigenvalue weighted by Crippen LogP contribution is 2.27. The number of hydrogen-bond donors (Lipinski definition) is 2. The van der Waals surface area contributed by atoms with Gasteiger partial charge in [0.05, 0.1) is 6.04 Å². The number of nitrogens with zero attached hydrogens (tertiary/aromatic N) is 3. The molecule has 2 heterocycles. The van der Waals surface area contributed by atoms with E-state index in [4.69, 9.17) is 9.84 Å². The highest BCUT2D eigenvalue weighted by atomic mass is 16.5. The molecule has 1 amide bonds. The summed E-state index contributed by atoms with van der Waals surface area (Å²) in [5.41, 5.74) is 1.59. The van der Waals surface area contributed by atoms with E-state index in [1.54, 1.807) is 30.6 Å². The summed E-state index contributed by atoms with van der Waals surface area (Å²) >= 11 is 0. The first-order valence-corrected chi connectivity index (χ1v) is 8.31. The molecule has 3 rings (SSSR count). The smallest absolute Gasteiger partial charge is 0.341 e. The van der Waals surface area contributed by atoms with E-state index < -0.39 is 12.6 Å². The predicted molar refractivity (Wildman–Crippen MR) is 93.5 cm³/mol. The zero-order chi connectivity index (χ0) is 18.5. The Hall–Kier alpha value is -3.00. The molecule has 1 aliphatic rings. The molecule has 0 aliphatic carbocycles. The lowest BCUT2D eigenvalue weighted by atomic mass is 10.1. The van der Waals surface area contributed by atoms with Crippen molar-refractivity contribution in [2.75, 3.05) is 19.7 Å². The third kappa shape index (κ3) is 4.15. The Morgan fingerprint density at radius 1 is 1.38 bits per heavy atom. The molecule has 1 atom stereocenters. The van der Waals surface area contributed by atoms with E-state index in [0.29, 0.717) is 31.2 Å². The highest BCUT2D eigenvalue weighted by Gasteiger charge is 2.26.